The van der Waals surface area contributed by atoms with E-state index in [9.17, 15) is 12.6 Å². The third kappa shape index (κ3) is 3.44. The number of rotatable bonds is 8. The van der Waals surface area contributed by atoms with Crippen molar-refractivity contribution in [1.29, 1.82) is 0 Å². The topological polar surface area (TPSA) is 81.4 Å². The zero-order valence-corrected chi connectivity index (χ0v) is 14.1. The third-order valence-corrected chi connectivity index (χ3v) is 6.34. The Labute approximate surface area is 132 Å². The fraction of sp³-hybridized carbons (Fsp3) is 0.429. The molecular formula is C14H19N3O3S2. The van der Waals surface area contributed by atoms with Crippen LogP contribution in [0.3, 0.4) is 0 Å². The van der Waals surface area contributed by atoms with Gasteiger partial charge >= 0.3 is 0 Å². The Bertz CT molecular complexity index is 797. The highest BCUT2D eigenvalue weighted by Gasteiger charge is 2.28. The number of hydrogen-bond acceptors (Lipinski definition) is 5. The smallest absolute Gasteiger partial charge is 0.184 e. The van der Waals surface area contributed by atoms with E-state index in [4.69, 9.17) is 0 Å². The molecule has 0 aliphatic carbocycles. The summed E-state index contributed by atoms with van der Waals surface area (Å²) in [6, 6.07) is 1.65. The molecule has 0 aromatic carbocycles. The number of nitrogens with zero attached hydrogens (tertiary/aromatic N) is 3. The van der Waals surface area contributed by atoms with Gasteiger partial charge in [0.25, 0.3) is 0 Å². The quantitative estimate of drug-likeness (QED) is 0.542. The van der Waals surface area contributed by atoms with Gasteiger partial charge in [0.2, 0.25) is 0 Å². The van der Waals surface area contributed by atoms with Crippen molar-refractivity contribution < 1.29 is 12.6 Å². The molecule has 2 heterocycles. The van der Waals surface area contributed by atoms with Gasteiger partial charge in [-0.2, -0.15) is 5.10 Å². The summed E-state index contributed by atoms with van der Waals surface area (Å²) in [6.45, 7) is 5.55. The first-order chi connectivity index (χ1) is 10.5. The lowest BCUT2D eigenvalue weighted by Gasteiger charge is -2.04. The molecule has 0 aliphatic rings. The molecule has 2 aromatic heterocycles. The van der Waals surface area contributed by atoms with Crippen molar-refractivity contribution in [2.75, 3.05) is 11.5 Å². The van der Waals surface area contributed by atoms with E-state index in [0.717, 1.165) is 12.8 Å². The molecular weight excluding hydrogens is 322 g/mol. The van der Waals surface area contributed by atoms with Crippen molar-refractivity contribution in [2.24, 2.45) is 0 Å². The van der Waals surface area contributed by atoms with Crippen LogP contribution in [-0.2, 0) is 20.6 Å². The molecule has 6 nitrogen and oxygen atoms in total. The molecule has 22 heavy (non-hydrogen) atoms. The van der Waals surface area contributed by atoms with Crippen molar-refractivity contribution in [3.8, 4) is 0 Å². The van der Waals surface area contributed by atoms with Crippen LogP contribution in [0.25, 0.3) is 5.65 Å². The number of unbranched alkanes of at least 4 members (excludes halogenated alkanes) is 2. The molecule has 0 aliphatic heterocycles. The van der Waals surface area contributed by atoms with Gasteiger partial charge in [0.15, 0.2) is 20.5 Å². The third-order valence-electron chi connectivity index (χ3n) is 3.14. The van der Waals surface area contributed by atoms with Gasteiger partial charge < -0.3 is 0 Å². The number of sulfone groups is 1. The Morgan fingerprint density at radius 2 is 2.18 bits per heavy atom. The van der Waals surface area contributed by atoms with Gasteiger partial charge in [0, 0.05) is 18.1 Å². The van der Waals surface area contributed by atoms with Crippen LogP contribution in [0.1, 0.15) is 26.2 Å². The van der Waals surface area contributed by atoms with E-state index in [2.05, 4.69) is 16.7 Å². The Morgan fingerprint density at radius 3 is 2.86 bits per heavy atom. The average molecular weight is 341 g/mol. The van der Waals surface area contributed by atoms with Gasteiger partial charge in [-0.15, -0.1) is 6.58 Å². The molecule has 0 radical (unpaired) electrons. The Balaban J connectivity index is 2.56. The van der Waals surface area contributed by atoms with Gasteiger partial charge in [0.05, 0.1) is 16.6 Å². The van der Waals surface area contributed by atoms with Crippen LogP contribution in [-0.4, -0.2) is 38.7 Å². The Morgan fingerprint density at radius 1 is 1.41 bits per heavy atom. The number of aromatic nitrogens is 3. The monoisotopic (exact) mass is 341 g/mol. The van der Waals surface area contributed by atoms with Crippen molar-refractivity contribution in [2.45, 2.75) is 36.1 Å². The molecule has 120 valence electrons. The normalized spacial score (nSPS) is 13.3. The summed E-state index contributed by atoms with van der Waals surface area (Å²) in [7, 11) is -5.13. The lowest BCUT2D eigenvalue weighted by atomic mass is 10.3. The molecule has 8 heteroatoms. The van der Waals surface area contributed by atoms with Crippen LogP contribution in [0.2, 0.25) is 0 Å². The van der Waals surface area contributed by atoms with E-state index in [-0.39, 0.29) is 27.1 Å². The molecule has 0 fully saturated rings. The van der Waals surface area contributed by atoms with Crippen molar-refractivity contribution in [3.05, 3.63) is 31.1 Å². The fourth-order valence-electron chi connectivity index (χ4n) is 2.10. The maximum Gasteiger partial charge on any atom is 0.184 e. The second kappa shape index (κ2) is 7.15. The van der Waals surface area contributed by atoms with Crippen LogP contribution < -0.4 is 0 Å². The summed E-state index contributed by atoms with van der Waals surface area (Å²) >= 11 is 0. The van der Waals surface area contributed by atoms with Crippen molar-refractivity contribution in [1.82, 2.24) is 14.6 Å². The molecule has 1 unspecified atom stereocenters. The Kier molecular flexibility index (Phi) is 5.47. The van der Waals surface area contributed by atoms with E-state index >= 15 is 0 Å². The fourth-order valence-corrected chi connectivity index (χ4v) is 5.13. The summed E-state index contributed by atoms with van der Waals surface area (Å²) in [4.78, 5) is 4.09. The van der Waals surface area contributed by atoms with Gasteiger partial charge in [-0.3, -0.25) is 4.21 Å². The molecule has 0 amide bonds. The number of hydrogen-bond donors (Lipinski definition) is 0. The summed E-state index contributed by atoms with van der Waals surface area (Å²) in [5.41, 5.74) is 0.228. The van der Waals surface area contributed by atoms with E-state index < -0.39 is 20.6 Å². The minimum Gasteiger partial charge on any atom is -0.252 e. The van der Waals surface area contributed by atoms with Crippen LogP contribution in [0.15, 0.2) is 41.0 Å². The second-order valence-corrected chi connectivity index (χ2v) is 8.31. The highest BCUT2D eigenvalue weighted by molar-refractivity contribution is 7.92. The van der Waals surface area contributed by atoms with E-state index in [1.165, 1.54) is 16.8 Å². The van der Waals surface area contributed by atoms with Crippen molar-refractivity contribution >= 4 is 26.3 Å². The Hall–Kier alpha value is -1.54. The van der Waals surface area contributed by atoms with E-state index in [1.54, 1.807) is 12.3 Å². The van der Waals surface area contributed by atoms with Crippen molar-refractivity contribution in [3.63, 3.8) is 0 Å². The molecule has 1 atom stereocenters. The molecule has 2 rings (SSSR count). The van der Waals surface area contributed by atoms with Gasteiger partial charge in [-0.25, -0.2) is 17.9 Å². The minimum atomic E-state index is -3.58. The maximum atomic E-state index is 12.7. The average Bonchev–Trinajstić information content (AvgIpc) is 2.88. The molecule has 0 N–H and O–H groups in total. The maximum absolute atomic E-state index is 12.7. The van der Waals surface area contributed by atoms with Crippen LogP contribution in [0.4, 0.5) is 0 Å². The van der Waals surface area contributed by atoms with Gasteiger partial charge in [-0.1, -0.05) is 25.8 Å². The van der Waals surface area contributed by atoms with Crippen LogP contribution in [0, 0.1) is 0 Å². The minimum absolute atomic E-state index is 0.00983. The first kappa shape index (κ1) is 16.8. The number of fused-ring (bicyclic) bond motifs is 1. The molecule has 0 saturated carbocycles. The summed E-state index contributed by atoms with van der Waals surface area (Å²) in [6.07, 6.45) is 6.91. The largest absolute Gasteiger partial charge is 0.252 e. The van der Waals surface area contributed by atoms with E-state index in [0.29, 0.717) is 6.42 Å². The highest BCUT2D eigenvalue weighted by Crippen LogP contribution is 2.25. The second-order valence-electron chi connectivity index (χ2n) is 4.85. The van der Waals surface area contributed by atoms with E-state index in [1.807, 2.05) is 6.92 Å². The van der Waals surface area contributed by atoms with Crippen LogP contribution in [0.5, 0.6) is 0 Å². The first-order valence-electron chi connectivity index (χ1n) is 7.06. The highest BCUT2D eigenvalue weighted by atomic mass is 32.2. The summed E-state index contributed by atoms with van der Waals surface area (Å²) in [5.74, 6) is 0.165. The zero-order valence-electron chi connectivity index (χ0n) is 12.4. The van der Waals surface area contributed by atoms with Gasteiger partial charge in [0.1, 0.15) is 4.90 Å². The molecule has 2 aromatic rings. The lowest BCUT2D eigenvalue weighted by Crippen LogP contribution is -2.11. The SMILES string of the molecule is C=CCS(=O)c1nn2cccnc2c1S(=O)(=O)CCCCC. The predicted octanol–water partition coefficient (Wildman–Crippen LogP) is 1.99. The lowest BCUT2D eigenvalue weighted by molar-refractivity contribution is 0.588. The molecule has 0 saturated heterocycles. The molecule has 0 spiro atoms. The standard InChI is InChI=1S/C14H19N3O3S2/c1-3-5-6-11-22(19,20)12-13-15-8-7-9-17(13)16-14(12)21(18)10-4-2/h4,7-9H,2-3,5-6,10-11H2,1H3. The zero-order chi connectivity index (χ0) is 16.2. The molecule has 0 bridgehead atoms. The summed E-state index contributed by atoms with van der Waals surface area (Å²) < 4.78 is 39.0. The first-order valence-corrected chi connectivity index (χ1v) is 10.0. The summed E-state index contributed by atoms with van der Waals surface area (Å²) in [5, 5.41) is 4.22. The predicted molar refractivity (Wildman–Crippen MR) is 86.0 cm³/mol. The van der Waals surface area contributed by atoms with Crippen LogP contribution >= 0.6 is 0 Å². The van der Waals surface area contributed by atoms with Gasteiger partial charge in [-0.05, 0) is 12.5 Å².